The molecule has 2 heterocycles. The van der Waals surface area contributed by atoms with E-state index in [0.717, 1.165) is 5.56 Å². The predicted molar refractivity (Wildman–Crippen MR) is 122 cm³/mol. The molecule has 2 aliphatic heterocycles. The van der Waals surface area contributed by atoms with E-state index < -0.39 is 48.9 Å². The largest absolute Gasteiger partial charge is 0.452 e. The standard InChI is InChI=1S/C27H24O8/c28-24(17-10-4-1-5-11-17)33-22-21-20(16-31-27(35-21)19-14-8-3-9-15-19)32-26(30)23(22)34-25(29)18-12-6-2-7-13-18/h1-15,20-23,26-27,30H,16H2/t20-,21-,22+,23-,26-,27?/m1/s1. The Morgan fingerprint density at radius 1 is 0.714 bits per heavy atom. The number of carbonyl (C=O) groups excluding carboxylic acids is 2. The summed E-state index contributed by atoms with van der Waals surface area (Å²) in [6.07, 6.45) is -6.40. The normalized spacial score (nSPS) is 27.9. The molecule has 3 aromatic rings. The second-order valence-corrected chi connectivity index (χ2v) is 8.21. The molecule has 2 aliphatic rings. The minimum Gasteiger partial charge on any atom is -0.452 e. The van der Waals surface area contributed by atoms with E-state index in [9.17, 15) is 14.7 Å². The summed E-state index contributed by atoms with van der Waals surface area (Å²) < 4.78 is 29.1. The molecule has 0 spiro atoms. The third kappa shape index (κ3) is 5.11. The number of rotatable bonds is 5. The van der Waals surface area contributed by atoms with Crippen molar-refractivity contribution in [3.05, 3.63) is 108 Å². The highest BCUT2D eigenvalue weighted by atomic mass is 16.7. The van der Waals surface area contributed by atoms with Crippen molar-refractivity contribution in [2.45, 2.75) is 37.0 Å². The van der Waals surface area contributed by atoms with E-state index in [1.165, 1.54) is 0 Å². The molecule has 0 radical (unpaired) electrons. The first-order chi connectivity index (χ1) is 17.1. The second kappa shape index (κ2) is 10.4. The van der Waals surface area contributed by atoms with Crippen LogP contribution in [0.5, 0.6) is 0 Å². The summed E-state index contributed by atoms with van der Waals surface area (Å²) in [4.78, 5) is 25.8. The maximum absolute atomic E-state index is 13.0. The van der Waals surface area contributed by atoms with E-state index in [1.807, 2.05) is 30.3 Å². The molecule has 0 saturated carbocycles. The van der Waals surface area contributed by atoms with Gasteiger partial charge >= 0.3 is 11.9 Å². The number of ether oxygens (including phenoxy) is 5. The highest BCUT2D eigenvalue weighted by molar-refractivity contribution is 5.90. The average molecular weight is 476 g/mol. The molecule has 2 saturated heterocycles. The van der Waals surface area contributed by atoms with Crippen molar-refractivity contribution in [2.75, 3.05) is 6.61 Å². The highest BCUT2D eigenvalue weighted by Crippen LogP contribution is 2.36. The summed E-state index contributed by atoms with van der Waals surface area (Å²) >= 11 is 0. The molecule has 8 heteroatoms. The van der Waals surface area contributed by atoms with Gasteiger partial charge in [0.05, 0.1) is 17.7 Å². The Morgan fingerprint density at radius 3 is 1.80 bits per heavy atom. The Bertz CT molecular complexity index is 1140. The molecule has 35 heavy (non-hydrogen) atoms. The Labute approximate surface area is 202 Å². The maximum atomic E-state index is 13.0. The van der Waals surface area contributed by atoms with E-state index in [0.29, 0.717) is 5.56 Å². The van der Waals surface area contributed by atoms with E-state index in [4.69, 9.17) is 23.7 Å². The Balaban J connectivity index is 1.43. The second-order valence-electron chi connectivity index (χ2n) is 8.21. The quantitative estimate of drug-likeness (QED) is 0.560. The molecular weight excluding hydrogens is 452 g/mol. The third-order valence-corrected chi connectivity index (χ3v) is 5.88. The molecule has 180 valence electrons. The summed E-state index contributed by atoms with van der Waals surface area (Å²) in [7, 11) is 0. The zero-order valence-electron chi connectivity index (χ0n) is 18.6. The van der Waals surface area contributed by atoms with Gasteiger partial charge < -0.3 is 28.8 Å². The van der Waals surface area contributed by atoms with Gasteiger partial charge in [-0.2, -0.15) is 0 Å². The Hall–Kier alpha value is -3.56. The molecule has 8 nitrogen and oxygen atoms in total. The van der Waals surface area contributed by atoms with Gasteiger partial charge in [-0.25, -0.2) is 9.59 Å². The number of benzene rings is 3. The topological polar surface area (TPSA) is 101 Å². The van der Waals surface area contributed by atoms with Gasteiger partial charge in [0.1, 0.15) is 12.2 Å². The van der Waals surface area contributed by atoms with Crippen molar-refractivity contribution in [3.63, 3.8) is 0 Å². The first-order valence-corrected chi connectivity index (χ1v) is 11.3. The van der Waals surface area contributed by atoms with Crippen molar-refractivity contribution < 1.29 is 38.4 Å². The minimum absolute atomic E-state index is 0.0834. The van der Waals surface area contributed by atoms with Crippen molar-refractivity contribution in [3.8, 4) is 0 Å². The minimum atomic E-state index is -1.56. The molecule has 2 fully saturated rings. The number of hydrogen-bond acceptors (Lipinski definition) is 8. The SMILES string of the molecule is O=C(O[C@@H]1[C@@H](OC(=O)c2ccccc2)[C@H](O)O[C@@H]2COC(c3ccccc3)O[C@@H]12)c1ccccc1. The van der Waals surface area contributed by atoms with Gasteiger partial charge in [-0.05, 0) is 24.3 Å². The molecule has 1 unspecified atom stereocenters. The van der Waals surface area contributed by atoms with Crippen LogP contribution in [0, 0.1) is 0 Å². The number of aliphatic hydroxyl groups excluding tert-OH is 1. The van der Waals surface area contributed by atoms with Gasteiger partial charge in [0, 0.05) is 5.56 Å². The first kappa shape index (κ1) is 23.2. The number of fused-ring (bicyclic) bond motifs is 1. The van der Waals surface area contributed by atoms with Crippen LogP contribution in [0.4, 0.5) is 0 Å². The van der Waals surface area contributed by atoms with Crippen LogP contribution in [0.3, 0.4) is 0 Å². The fourth-order valence-electron chi connectivity index (χ4n) is 4.13. The molecule has 0 bridgehead atoms. The van der Waals surface area contributed by atoms with Crippen molar-refractivity contribution >= 4 is 11.9 Å². The van der Waals surface area contributed by atoms with Crippen molar-refractivity contribution in [1.29, 1.82) is 0 Å². The Morgan fingerprint density at radius 2 is 1.23 bits per heavy atom. The number of aliphatic hydroxyl groups is 1. The van der Waals surface area contributed by atoms with E-state index in [-0.39, 0.29) is 12.2 Å². The lowest BCUT2D eigenvalue weighted by atomic mass is 9.97. The van der Waals surface area contributed by atoms with Gasteiger partial charge in [0.2, 0.25) is 0 Å². The summed E-state index contributed by atoms with van der Waals surface area (Å²) in [5, 5.41) is 10.7. The fourth-order valence-corrected chi connectivity index (χ4v) is 4.13. The van der Waals surface area contributed by atoms with Crippen molar-refractivity contribution in [1.82, 2.24) is 0 Å². The zero-order chi connectivity index (χ0) is 24.2. The van der Waals surface area contributed by atoms with Crippen LogP contribution in [-0.4, -0.2) is 54.4 Å². The lowest BCUT2D eigenvalue weighted by Crippen LogP contribution is -2.63. The van der Waals surface area contributed by atoms with Gasteiger partial charge in [0.15, 0.2) is 24.8 Å². The van der Waals surface area contributed by atoms with Crippen LogP contribution in [0.25, 0.3) is 0 Å². The van der Waals surface area contributed by atoms with Gasteiger partial charge in [-0.15, -0.1) is 0 Å². The van der Waals surface area contributed by atoms with Crippen LogP contribution in [-0.2, 0) is 23.7 Å². The van der Waals surface area contributed by atoms with E-state index in [1.54, 1.807) is 60.7 Å². The molecule has 0 amide bonds. The van der Waals surface area contributed by atoms with Crippen LogP contribution >= 0.6 is 0 Å². The molecule has 1 N–H and O–H groups in total. The highest BCUT2D eigenvalue weighted by Gasteiger charge is 2.53. The monoisotopic (exact) mass is 476 g/mol. The molecular formula is C27H24O8. The van der Waals surface area contributed by atoms with E-state index in [2.05, 4.69) is 0 Å². The summed E-state index contributed by atoms with van der Waals surface area (Å²) in [6.45, 7) is 0.0834. The lowest BCUT2D eigenvalue weighted by molar-refractivity contribution is -0.353. The van der Waals surface area contributed by atoms with Crippen LogP contribution in [0.2, 0.25) is 0 Å². The number of carbonyl (C=O) groups is 2. The third-order valence-electron chi connectivity index (χ3n) is 5.88. The molecule has 6 atom stereocenters. The first-order valence-electron chi connectivity index (χ1n) is 11.3. The smallest absolute Gasteiger partial charge is 0.338 e. The average Bonchev–Trinajstić information content (AvgIpc) is 2.91. The Kier molecular flexibility index (Phi) is 6.87. The van der Waals surface area contributed by atoms with Gasteiger partial charge in [-0.3, -0.25) is 0 Å². The van der Waals surface area contributed by atoms with Gasteiger partial charge in [-0.1, -0.05) is 66.7 Å². The maximum Gasteiger partial charge on any atom is 0.338 e. The number of hydrogen-bond donors (Lipinski definition) is 1. The van der Waals surface area contributed by atoms with Crippen LogP contribution in [0.15, 0.2) is 91.0 Å². The van der Waals surface area contributed by atoms with E-state index >= 15 is 0 Å². The summed E-state index contributed by atoms with van der Waals surface area (Å²) in [5.41, 5.74) is 1.36. The fraction of sp³-hybridized carbons (Fsp3) is 0.259. The lowest BCUT2D eigenvalue weighted by Gasteiger charge is -2.47. The van der Waals surface area contributed by atoms with Crippen molar-refractivity contribution in [2.24, 2.45) is 0 Å². The summed E-state index contributed by atoms with van der Waals surface area (Å²) in [5.74, 6) is -1.33. The molecule has 0 aromatic heterocycles. The molecule has 5 rings (SSSR count). The van der Waals surface area contributed by atoms with Gasteiger partial charge in [0.25, 0.3) is 0 Å². The molecule has 0 aliphatic carbocycles. The number of esters is 2. The van der Waals surface area contributed by atoms with Crippen LogP contribution in [0.1, 0.15) is 32.6 Å². The zero-order valence-corrected chi connectivity index (χ0v) is 18.6. The molecule has 3 aromatic carbocycles. The predicted octanol–water partition coefficient (Wildman–Crippen LogP) is 3.27. The summed E-state index contributed by atoms with van der Waals surface area (Å²) in [6, 6.07) is 26.0. The van der Waals surface area contributed by atoms with Crippen LogP contribution < -0.4 is 0 Å².